The lowest BCUT2D eigenvalue weighted by molar-refractivity contribution is -0.127. The van der Waals surface area contributed by atoms with Crippen molar-refractivity contribution >= 4 is 5.91 Å². The lowest BCUT2D eigenvalue weighted by Gasteiger charge is -2.32. The quantitative estimate of drug-likeness (QED) is 0.836. The van der Waals surface area contributed by atoms with Crippen LogP contribution >= 0.6 is 0 Å². The number of carbonyl (C=O) groups excluding carboxylic acids is 1. The molecule has 2 fully saturated rings. The molecule has 0 aliphatic carbocycles. The molecule has 0 unspecified atom stereocenters. The van der Waals surface area contributed by atoms with E-state index in [1.54, 1.807) is 7.11 Å². The van der Waals surface area contributed by atoms with Crippen LogP contribution in [0.2, 0.25) is 0 Å². The number of hydrogen-bond acceptors (Lipinski definition) is 3. The highest BCUT2D eigenvalue weighted by Gasteiger charge is 2.25. The van der Waals surface area contributed by atoms with E-state index in [9.17, 15) is 4.79 Å². The van der Waals surface area contributed by atoms with Gasteiger partial charge in [-0.15, -0.1) is 0 Å². The molecule has 4 heteroatoms. The molecule has 2 aliphatic heterocycles. The maximum absolute atomic E-state index is 11.8. The molecule has 0 spiro atoms. The van der Waals surface area contributed by atoms with E-state index in [1.807, 2.05) is 4.90 Å². The second-order valence-corrected chi connectivity index (χ2v) is 6.66. The molecule has 1 aromatic rings. The summed E-state index contributed by atoms with van der Waals surface area (Å²) < 4.78 is 5.28. The van der Waals surface area contributed by atoms with Crippen LogP contribution in [0.3, 0.4) is 0 Å². The molecule has 2 saturated heterocycles. The highest BCUT2D eigenvalue weighted by molar-refractivity contribution is 5.78. The third-order valence-corrected chi connectivity index (χ3v) is 5.19. The molecule has 23 heavy (non-hydrogen) atoms. The van der Waals surface area contributed by atoms with Crippen molar-refractivity contribution in [3.63, 3.8) is 0 Å². The van der Waals surface area contributed by atoms with Crippen LogP contribution in [0.4, 0.5) is 0 Å². The Balaban J connectivity index is 1.67. The molecule has 1 amide bonds. The Morgan fingerprint density at radius 1 is 1.04 bits per heavy atom. The zero-order valence-corrected chi connectivity index (χ0v) is 14.2. The van der Waals surface area contributed by atoms with Crippen molar-refractivity contribution in [2.45, 2.75) is 44.6 Å². The molecule has 0 bridgehead atoms. The molecule has 0 radical (unpaired) electrons. The third-order valence-electron chi connectivity index (χ3n) is 5.19. The first-order chi connectivity index (χ1) is 11.3. The third kappa shape index (κ3) is 4.05. The van der Waals surface area contributed by atoms with Crippen LogP contribution in [0.5, 0.6) is 5.75 Å². The molecule has 2 aliphatic rings. The topological polar surface area (TPSA) is 32.8 Å². The normalized spacial score (nSPS) is 23.1. The number of methoxy groups -OCH3 is 1. The lowest BCUT2D eigenvalue weighted by Crippen LogP contribution is -2.37. The maximum atomic E-state index is 11.8. The average molecular weight is 316 g/mol. The number of amides is 1. The Bertz CT molecular complexity index is 515. The van der Waals surface area contributed by atoms with Crippen molar-refractivity contribution < 1.29 is 9.53 Å². The number of nitrogens with zero attached hydrogens (tertiary/aromatic N) is 2. The SMILES string of the molecule is COc1ccc([C@@H]2CCCCCN2CCN2CCCC2=O)cc1. The predicted octanol–water partition coefficient (Wildman–Crippen LogP) is 3.23. The molecule has 1 aromatic carbocycles. The molecule has 0 saturated carbocycles. The summed E-state index contributed by atoms with van der Waals surface area (Å²) in [4.78, 5) is 16.5. The molecule has 0 aromatic heterocycles. The number of benzene rings is 1. The van der Waals surface area contributed by atoms with E-state index < -0.39 is 0 Å². The second kappa shape index (κ2) is 7.82. The maximum Gasteiger partial charge on any atom is 0.222 e. The van der Waals surface area contributed by atoms with Gasteiger partial charge in [-0.1, -0.05) is 25.0 Å². The number of ether oxygens (including phenoxy) is 1. The summed E-state index contributed by atoms with van der Waals surface area (Å²) in [6, 6.07) is 8.98. The first kappa shape index (κ1) is 16.3. The largest absolute Gasteiger partial charge is 0.497 e. The van der Waals surface area contributed by atoms with Crippen molar-refractivity contribution in [3.8, 4) is 5.75 Å². The van der Waals surface area contributed by atoms with E-state index in [0.29, 0.717) is 11.9 Å². The summed E-state index contributed by atoms with van der Waals surface area (Å²) in [5, 5.41) is 0. The Kier molecular flexibility index (Phi) is 5.55. The average Bonchev–Trinajstić information content (AvgIpc) is 2.85. The van der Waals surface area contributed by atoms with Crippen molar-refractivity contribution in [2.24, 2.45) is 0 Å². The van der Waals surface area contributed by atoms with Gasteiger partial charge in [0.2, 0.25) is 5.91 Å². The van der Waals surface area contributed by atoms with E-state index in [-0.39, 0.29) is 0 Å². The van der Waals surface area contributed by atoms with Gasteiger partial charge in [0.05, 0.1) is 7.11 Å². The Labute approximate surface area is 139 Å². The minimum Gasteiger partial charge on any atom is -0.497 e. The second-order valence-electron chi connectivity index (χ2n) is 6.66. The first-order valence-electron chi connectivity index (χ1n) is 8.94. The van der Waals surface area contributed by atoms with Gasteiger partial charge in [0.25, 0.3) is 0 Å². The van der Waals surface area contributed by atoms with Crippen LogP contribution in [0, 0.1) is 0 Å². The summed E-state index contributed by atoms with van der Waals surface area (Å²) >= 11 is 0. The van der Waals surface area contributed by atoms with E-state index in [1.165, 1.54) is 31.2 Å². The molecule has 3 rings (SSSR count). The molecular weight excluding hydrogens is 288 g/mol. The van der Waals surface area contributed by atoms with E-state index in [4.69, 9.17) is 4.74 Å². The highest BCUT2D eigenvalue weighted by atomic mass is 16.5. The van der Waals surface area contributed by atoms with Gasteiger partial charge in [0.1, 0.15) is 5.75 Å². The standard InChI is InChI=1S/C19H28N2O2/c1-23-17-10-8-16(9-11-17)18-6-3-2-4-12-20(18)14-15-21-13-5-7-19(21)22/h8-11,18H,2-7,12-15H2,1H3/t18-/m0/s1. The van der Waals surface area contributed by atoms with Gasteiger partial charge < -0.3 is 9.64 Å². The predicted molar refractivity (Wildman–Crippen MR) is 91.6 cm³/mol. The van der Waals surface area contributed by atoms with Crippen molar-refractivity contribution in [2.75, 3.05) is 33.3 Å². The minimum absolute atomic E-state index is 0.334. The molecule has 0 N–H and O–H groups in total. The molecule has 4 nitrogen and oxygen atoms in total. The number of rotatable bonds is 5. The first-order valence-corrected chi connectivity index (χ1v) is 8.94. The van der Waals surface area contributed by atoms with Crippen LogP contribution < -0.4 is 4.74 Å². The smallest absolute Gasteiger partial charge is 0.222 e. The highest BCUT2D eigenvalue weighted by Crippen LogP contribution is 2.31. The summed E-state index contributed by atoms with van der Waals surface area (Å²) in [5.41, 5.74) is 1.38. The number of likely N-dealkylation sites (tertiary alicyclic amines) is 2. The zero-order valence-electron chi connectivity index (χ0n) is 14.2. The van der Waals surface area contributed by atoms with E-state index in [2.05, 4.69) is 29.2 Å². The van der Waals surface area contributed by atoms with Crippen LogP contribution in [0.15, 0.2) is 24.3 Å². The zero-order chi connectivity index (χ0) is 16.1. The fourth-order valence-corrected chi connectivity index (χ4v) is 3.83. The molecule has 126 valence electrons. The summed E-state index contributed by atoms with van der Waals surface area (Å²) in [7, 11) is 1.71. The van der Waals surface area contributed by atoms with E-state index in [0.717, 1.165) is 44.8 Å². The van der Waals surface area contributed by atoms with Gasteiger partial charge in [0, 0.05) is 32.1 Å². The van der Waals surface area contributed by atoms with Gasteiger partial charge in [0.15, 0.2) is 0 Å². The van der Waals surface area contributed by atoms with Gasteiger partial charge in [-0.05, 0) is 43.5 Å². The van der Waals surface area contributed by atoms with Crippen molar-refractivity contribution in [1.82, 2.24) is 9.80 Å². The summed E-state index contributed by atoms with van der Waals surface area (Å²) in [5.74, 6) is 1.25. The van der Waals surface area contributed by atoms with Crippen LogP contribution in [-0.2, 0) is 4.79 Å². The molecule has 2 heterocycles. The van der Waals surface area contributed by atoms with Gasteiger partial charge in [-0.25, -0.2) is 0 Å². The number of hydrogen-bond donors (Lipinski definition) is 0. The molecule has 1 atom stereocenters. The van der Waals surface area contributed by atoms with Crippen molar-refractivity contribution in [3.05, 3.63) is 29.8 Å². The Morgan fingerprint density at radius 2 is 1.87 bits per heavy atom. The van der Waals surface area contributed by atoms with Crippen molar-refractivity contribution in [1.29, 1.82) is 0 Å². The van der Waals surface area contributed by atoms with Crippen LogP contribution in [-0.4, -0.2) is 49.0 Å². The fraction of sp³-hybridized carbons (Fsp3) is 0.632. The van der Waals surface area contributed by atoms with Crippen LogP contribution in [0.1, 0.15) is 50.1 Å². The minimum atomic E-state index is 0.334. The monoisotopic (exact) mass is 316 g/mol. The lowest BCUT2D eigenvalue weighted by atomic mass is 10.0. The summed E-state index contributed by atoms with van der Waals surface area (Å²) in [6.07, 6.45) is 6.84. The number of carbonyl (C=O) groups is 1. The van der Waals surface area contributed by atoms with E-state index >= 15 is 0 Å². The van der Waals surface area contributed by atoms with Crippen LogP contribution in [0.25, 0.3) is 0 Å². The Hall–Kier alpha value is -1.55. The van der Waals surface area contributed by atoms with Gasteiger partial charge in [-0.2, -0.15) is 0 Å². The molecular formula is C19H28N2O2. The fourth-order valence-electron chi connectivity index (χ4n) is 3.83. The van der Waals surface area contributed by atoms with Gasteiger partial charge in [-0.3, -0.25) is 9.69 Å². The summed E-state index contributed by atoms with van der Waals surface area (Å²) in [6.45, 7) is 3.95. The Morgan fingerprint density at radius 3 is 2.57 bits per heavy atom. The van der Waals surface area contributed by atoms with Gasteiger partial charge >= 0.3 is 0 Å².